The van der Waals surface area contributed by atoms with Crippen molar-refractivity contribution in [3.63, 3.8) is 0 Å². The summed E-state index contributed by atoms with van der Waals surface area (Å²) >= 11 is 3.17. The summed E-state index contributed by atoms with van der Waals surface area (Å²) in [6.45, 7) is 0. The van der Waals surface area contributed by atoms with E-state index >= 15 is 0 Å². The Morgan fingerprint density at radius 1 is 1.00 bits per heavy atom. The van der Waals surface area contributed by atoms with Gasteiger partial charge in [0, 0.05) is 15.6 Å². The quantitative estimate of drug-likeness (QED) is 0.794. The van der Waals surface area contributed by atoms with Crippen LogP contribution >= 0.6 is 15.9 Å². The van der Waals surface area contributed by atoms with Gasteiger partial charge in [-0.3, -0.25) is 4.79 Å². The second-order valence-electron chi connectivity index (χ2n) is 4.06. The number of hydrogen-bond acceptors (Lipinski definition) is 3. The van der Waals surface area contributed by atoms with E-state index in [9.17, 15) is 9.18 Å². The molecule has 2 rings (SSSR count). The van der Waals surface area contributed by atoms with Crippen LogP contribution in [0.5, 0.6) is 11.5 Å². The molecule has 0 saturated heterocycles. The van der Waals surface area contributed by atoms with Crippen molar-refractivity contribution < 1.29 is 18.7 Å². The predicted molar refractivity (Wildman–Crippen MR) is 77.1 cm³/mol. The largest absolute Gasteiger partial charge is 0.493 e. The SMILES string of the molecule is COc1ccc(C(=O)c2cc(F)cc(Br)c2)cc1OC. The Hall–Kier alpha value is -1.88. The molecule has 0 spiro atoms. The number of ketones is 1. The molecular weight excluding hydrogens is 327 g/mol. The van der Waals surface area contributed by atoms with E-state index in [1.54, 1.807) is 24.3 Å². The molecule has 0 fully saturated rings. The van der Waals surface area contributed by atoms with Crippen molar-refractivity contribution in [1.82, 2.24) is 0 Å². The van der Waals surface area contributed by atoms with Crippen molar-refractivity contribution in [2.75, 3.05) is 14.2 Å². The van der Waals surface area contributed by atoms with Gasteiger partial charge in [-0.2, -0.15) is 0 Å². The highest BCUT2D eigenvalue weighted by Gasteiger charge is 2.14. The first-order chi connectivity index (χ1) is 9.55. The standard InChI is InChI=1S/C15H12BrFO3/c1-19-13-4-3-9(7-14(13)20-2)15(18)10-5-11(16)8-12(17)6-10/h3-8H,1-2H3. The molecule has 5 heteroatoms. The van der Waals surface area contributed by atoms with Crippen molar-refractivity contribution in [2.24, 2.45) is 0 Å². The molecule has 104 valence electrons. The molecule has 0 aliphatic carbocycles. The highest BCUT2D eigenvalue weighted by molar-refractivity contribution is 9.10. The number of halogens is 2. The van der Waals surface area contributed by atoms with Crippen molar-refractivity contribution >= 4 is 21.7 Å². The van der Waals surface area contributed by atoms with Gasteiger partial charge in [0.15, 0.2) is 17.3 Å². The maximum Gasteiger partial charge on any atom is 0.193 e. The third-order valence-corrected chi connectivity index (χ3v) is 3.23. The Morgan fingerprint density at radius 3 is 2.30 bits per heavy atom. The van der Waals surface area contributed by atoms with E-state index in [0.717, 1.165) is 0 Å². The summed E-state index contributed by atoms with van der Waals surface area (Å²) in [7, 11) is 3.01. The molecule has 0 heterocycles. The lowest BCUT2D eigenvalue weighted by molar-refractivity contribution is 0.103. The minimum Gasteiger partial charge on any atom is -0.493 e. The van der Waals surface area contributed by atoms with Crippen LogP contribution in [-0.4, -0.2) is 20.0 Å². The van der Waals surface area contributed by atoms with E-state index in [2.05, 4.69) is 15.9 Å². The maximum absolute atomic E-state index is 13.3. The monoisotopic (exact) mass is 338 g/mol. The van der Waals surface area contributed by atoms with Crippen molar-refractivity contribution in [3.05, 3.63) is 57.8 Å². The van der Waals surface area contributed by atoms with E-state index in [4.69, 9.17) is 9.47 Å². The molecule has 0 saturated carbocycles. The Kier molecular flexibility index (Phi) is 4.39. The number of hydrogen-bond donors (Lipinski definition) is 0. The molecule has 2 aromatic rings. The van der Waals surface area contributed by atoms with Gasteiger partial charge < -0.3 is 9.47 Å². The van der Waals surface area contributed by atoms with Gasteiger partial charge in [0.05, 0.1) is 14.2 Å². The van der Waals surface area contributed by atoms with Crippen LogP contribution in [0.25, 0.3) is 0 Å². The molecule has 0 bridgehead atoms. The summed E-state index contributed by atoms with van der Waals surface area (Å²) in [6, 6.07) is 8.89. The topological polar surface area (TPSA) is 35.5 Å². The molecule has 0 amide bonds. The minimum atomic E-state index is -0.469. The molecule has 0 aliphatic rings. The smallest absolute Gasteiger partial charge is 0.193 e. The number of carbonyl (C=O) groups excluding carboxylic acids is 1. The van der Waals surface area contributed by atoms with E-state index < -0.39 is 5.82 Å². The minimum absolute atomic E-state index is 0.268. The summed E-state index contributed by atoms with van der Waals surface area (Å²) in [6.07, 6.45) is 0. The van der Waals surface area contributed by atoms with E-state index in [1.807, 2.05) is 0 Å². The lowest BCUT2D eigenvalue weighted by Crippen LogP contribution is -2.03. The van der Waals surface area contributed by atoms with E-state index in [0.29, 0.717) is 21.5 Å². The third kappa shape index (κ3) is 2.99. The third-order valence-electron chi connectivity index (χ3n) is 2.77. The summed E-state index contributed by atoms with van der Waals surface area (Å²) in [5.41, 5.74) is 0.671. The van der Waals surface area contributed by atoms with E-state index in [1.165, 1.54) is 26.4 Å². The van der Waals surface area contributed by atoms with Gasteiger partial charge in [0.2, 0.25) is 0 Å². The summed E-state index contributed by atoms with van der Waals surface area (Å²) in [4.78, 5) is 12.3. The molecule has 0 N–H and O–H groups in total. The molecule has 0 radical (unpaired) electrons. The first-order valence-electron chi connectivity index (χ1n) is 5.78. The van der Waals surface area contributed by atoms with Crippen LogP contribution < -0.4 is 9.47 Å². The molecule has 0 aliphatic heterocycles. The molecule has 2 aromatic carbocycles. The average molecular weight is 339 g/mol. The number of rotatable bonds is 4. The second-order valence-corrected chi connectivity index (χ2v) is 4.97. The van der Waals surface area contributed by atoms with Crippen LogP contribution in [0.4, 0.5) is 4.39 Å². The van der Waals surface area contributed by atoms with Gasteiger partial charge >= 0.3 is 0 Å². The van der Waals surface area contributed by atoms with Gasteiger partial charge in [-0.05, 0) is 36.4 Å². The summed E-state index contributed by atoms with van der Waals surface area (Å²) < 4.78 is 24.1. The normalized spacial score (nSPS) is 10.2. The first-order valence-corrected chi connectivity index (χ1v) is 6.57. The molecule has 20 heavy (non-hydrogen) atoms. The maximum atomic E-state index is 13.3. The van der Waals surface area contributed by atoms with Crippen LogP contribution in [0.3, 0.4) is 0 Å². The fourth-order valence-corrected chi connectivity index (χ4v) is 2.29. The van der Waals surface area contributed by atoms with Crippen LogP contribution in [0.15, 0.2) is 40.9 Å². The molecular formula is C15H12BrFO3. The zero-order valence-corrected chi connectivity index (χ0v) is 12.5. The average Bonchev–Trinajstić information content (AvgIpc) is 2.44. The van der Waals surface area contributed by atoms with Crippen LogP contribution in [0.2, 0.25) is 0 Å². The van der Waals surface area contributed by atoms with Crippen LogP contribution in [-0.2, 0) is 0 Å². The zero-order valence-electron chi connectivity index (χ0n) is 10.9. The molecule has 0 atom stereocenters. The number of benzene rings is 2. The van der Waals surface area contributed by atoms with Gasteiger partial charge in [-0.15, -0.1) is 0 Å². The van der Waals surface area contributed by atoms with Crippen LogP contribution in [0.1, 0.15) is 15.9 Å². The Balaban J connectivity index is 2.42. The Labute approximate surface area is 124 Å². The first kappa shape index (κ1) is 14.5. The lowest BCUT2D eigenvalue weighted by atomic mass is 10.0. The highest BCUT2D eigenvalue weighted by Crippen LogP contribution is 2.29. The highest BCUT2D eigenvalue weighted by atomic mass is 79.9. The summed E-state index contributed by atoms with van der Waals surface area (Å²) in [5.74, 6) is 0.229. The number of carbonyl (C=O) groups is 1. The Morgan fingerprint density at radius 2 is 1.70 bits per heavy atom. The summed E-state index contributed by atoms with van der Waals surface area (Å²) in [5, 5.41) is 0. The van der Waals surface area contributed by atoms with E-state index in [-0.39, 0.29) is 11.3 Å². The van der Waals surface area contributed by atoms with Crippen molar-refractivity contribution in [1.29, 1.82) is 0 Å². The Bertz CT molecular complexity index is 635. The number of ether oxygens (including phenoxy) is 2. The van der Waals surface area contributed by atoms with Gasteiger partial charge in [-0.25, -0.2) is 4.39 Å². The lowest BCUT2D eigenvalue weighted by Gasteiger charge is -2.09. The molecule has 0 aromatic heterocycles. The van der Waals surface area contributed by atoms with Gasteiger partial charge in [0.1, 0.15) is 5.82 Å². The fourth-order valence-electron chi connectivity index (χ4n) is 1.83. The molecule has 3 nitrogen and oxygen atoms in total. The predicted octanol–water partition coefficient (Wildman–Crippen LogP) is 3.84. The second kappa shape index (κ2) is 6.05. The zero-order chi connectivity index (χ0) is 14.7. The van der Waals surface area contributed by atoms with Gasteiger partial charge in [0.25, 0.3) is 0 Å². The van der Waals surface area contributed by atoms with Crippen LogP contribution in [0, 0.1) is 5.82 Å². The van der Waals surface area contributed by atoms with Crippen molar-refractivity contribution in [2.45, 2.75) is 0 Å². The fraction of sp³-hybridized carbons (Fsp3) is 0.133. The van der Waals surface area contributed by atoms with Crippen molar-refractivity contribution in [3.8, 4) is 11.5 Å². The number of methoxy groups -OCH3 is 2. The molecule has 0 unspecified atom stereocenters. The van der Waals surface area contributed by atoms with Gasteiger partial charge in [-0.1, -0.05) is 15.9 Å².